The molecule has 0 bridgehead atoms. The van der Waals surface area contributed by atoms with Gasteiger partial charge in [-0.25, -0.2) is 13.1 Å². The Balaban J connectivity index is 2.50. The highest BCUT2D eigenvalue weighted by molar-refractivity contribution is 7.89. The molecule has 8 heteroatoms. The Bertz CT molecular complexity index is 537. The number of anilines is 1. The van der Waals surface area contributed by atoms with E-state index in [-0.39, 0.29) is 17.3 Å². The van der Waals surface area contributed by atoms with Crippen LogP contribution in [0.2, 0.25) is 0 Å². The van der Waals surface area contributed by atoms with Gasteiger partial charge in [-0.15, -0.1) is 0 Å². The maximum atomic E-state index is 12.1. The van der Waals surface area contributed by atoms with Gasteiger partial charge in [-0.2, -0.15) is 5.10 Å². The number of rotatable bonds is 8. The summed E-state index contributed by atoms with van der Waals surface area (Å²) >= 11 is 0. The van der Waals surface area contributed by atoms with Gasteiger partial charge in [0.2, 0.25) is 10.0 Å². The molecule has 0 saturated carbocycles. The van der Waals surface area contributed by atoms with E-state index in [9.17, 15) is 8.42 Å². The highest BCUT2D eigenvalue weighted by Gasteiger charge is 2.23. The lowest BCUT2D eigenvalue weighted by atomic mass is 10.1. The van der Waals surface area contributed by atoms with E-state index in [1.54, 1.807) is 14.0 Å². The van der Waals surface area contributed by atoms with Crippen molar-refractivity contribution in [3.05, 3.63) is 5.69 Å². The van der Waals surface area contributed by atoms with Crippen molar-refractivity contribution >= 4 is 15.8 Å². The Morgan fingerprint density at radius 3 is 2.55 bits per heavy atom. The predicted octanol–water partition coefficient (Wildman–Crippen LogP) is 0.652. The molecule has 0 unspecified atom stereocenters. The van der Waals surface area contributed by atoms with Crippen molar-refractivity contribution in [1.29, 1.82) is 0 Å². The molecule has 1 aromatic heterocycles. The maximum absolute atomic E-state index is 12.1. The molecule has 0 aliphatic heterocycles. The van der Waals surface area contributed by atoms with Crippen LogP contribution in [-0.2, 0) is 21.8 Å². The number of nitrogens with zero attached hydrogens (tertiary/aromatic N) is 2. The summed E-state index contributed by atoms with van der Waals surface area (Å²) in [6, 6.07) is 0. The van der Waals surface area contributed by atoms with Gasteiger partial charge in [0.05, 0.1) is 12.3 Å². The smallest absolute Gasteiger partial charge is 0.246 e. The average molecular weight is 304 g/mol. The highest BCUT2D eigenvalue weighted by Crippen LogP contribution is 2.20. The van der Waals surface area contributed by atoms with Crippen LogP contribution in [0.1, 0.15) is 26.0 Å². The Morgan fingerprint density at radius 2 is 2.05 bits per heavy atom. The van der Waals surface area contributed by atoms with Gasteiger partial charge in [0.25, 0.3) is 0 Å². The molecule has 3 N–H and O–H groups in total. The van der Waals surface area contributed by atoms with Gasteiger partial charge in [0, 0.05) is 20.2 Å². The number of aromatic nitrogens is 2. The third-order valence-corrected chi connectivity index (χ3v) is 4.58. The van der Waals surface area contributed by atoms with Crippen LogP contribution < -0.4 is 10.5 Å². The second-order valence-electron chi connectivity index (χ2n) is 5.12. The minimum atomic E-state index is -3.64. The SMILES string of the molecule is Cc1c(S(=O)(=O)NCCOCCC(C)C)c(N)nn1C. The van der Waals surface area contributed by atoms with Crippen LogP contribution in [0.15, 0.2) is 4.90 Å². The molecule has 116 valence electrons. The summed E-state index contributed by atoms with van der Waals surface area (Å²) in [5.74, 6) is 0.586. The topological polar surface area (TPSA) is 99.2 Å². The molecule has 0 radical (unpaired) electrons. The largest absolute Gasteiger partial charge is 0.381 e. The molecule has 0 fully saturated rings. The van der Waals surface area contributed by atoms with E-state index in [0.29, 0.717) is 24.8 Å². The molecule has 1 rings (SSSR count). The summed E-state index contributed by atoms with van der Waals surface area (Å²) in [6.07, 6.45) is 0.960. The fourth-order valence-electron chi connectivity index (χ4n) is 1.69. The molecule has 0 aliphatic carbocycles. The Labute approximate surface area is 120 Å². The number of hydrogen-bond donors (Lipinski definition) is 2. The third kappa shape index (κ3) is 4.46. The molecule has 0 aromatic carbocycles. The lowest BCUT2D eigenvalue weighted by Gasteiger charge is -2.08. The standard InChI is InChI=1S/C12H24N4O3S/c1-9(2)5-7-19-8-6-14-20(17,18)11-10(3)16(4)15-12(11)13/h9,14H,5-8H2,1-4H3,(H2,13,15). The van der Waals surface area contributed by atoms with Gasteiger partial charge in [-0.1, -0.05) is 13.8 Å². The van der Waals surface area contributed by atoms with Crippen LogP contribution in [0.25, 0.3) is 0 Å². The van der Waals surface area contributed by atoms with Crippen molar-refractivity contribution in [1.82, 2.24) is 14.5 Å². The minimum absolute atomic E-state index is 0.0122. The van der Waals surface area contributed by atoms with Crippen molar-refractivity contribution in [3.63, 3.8) is 0 Å². The molecule has 0 spiro atoms. The van der Waals surface area contributed by atoms with Gasteiger partial charge >= 0.3 is 0 Å². The fourth-order valence-corrected chi connectivity index (χ4v) is 3.02. The second kappa shape index (κ2) is 7.05. The molecule has 0 saturated heterocycles. The first-order valence-electron chi connectivity index (χ1n) is 6.62. The summed E-state index contributed by atoms with van der Waals surface area (Å²) in [5.41, 5.74) is 6.14. The summed E-state index contributed by atoms with van der Waals surface area (Å²) in [4.78, 5) is 0.0437. The van der Waals surface area contributed by atoms with Crippen molar-refractivity contribution in [2.75, 3.05) is 25.5 Å². The number of nitrogen functional groups attached to an aromatic ring is 1. The van der Waals surface area contributed by atoms with Crippen LogP contribution in [0.4, 0.5) is 5.82 Å². The Morgan fingerprint density at radius 1 is 1.40 bits per heavy atom. The van der Waals surface area contributed by atoms with Crippen LogP contribution in [0, 0.1) is 12.8 Å². The van der Waals surface area contributed by atoms with Crippen LogP contribution in [-0.4, -0.2) is 38.0 Å². The Hall–Kier alpha value is -1.12. The normalized spacial score (nSPS) is 12.2. The number of ether oxygens (including phenoxy) is 1. The molecule has 1 heterocycles. The van der Waals surface area contributed by atoms with Crippen molar-refractivity contribution < 1.29 is 13.2 Å². The molecule has 0 atom stereocenters. The zero-order chi connectivity index (χ0) is 15.3. The van der Waals surface area contributed by atoms with Gasteiger partial charge < -0.3 is 10.5 Å². The van der Waals surface area contributed by atoms with E-state index >= 15 is 0 Å². The number of nitrogens with one attached hydrogen (secondary N) is 1. The van der Waals surface area contributed by atoms with Gasteiger partial charge in [0.15, 0.2) is 5.82 Å². The van der Waals surface area contributed by atoms with E-state index in [0.717, 1.165) is 6.42 Å². The molecule has 20 heavy (non-hydrogen) atoms. The number of nitrogens with two attached hydrogens (primary N) is 1. The molecule has 0 amide bonds. The monoisotopic (exact) mass is 304 g/mol. The predicted molar refractivity (Wildman–Crippen MR) is 77.8 cm³/mol. The molecular weight excluding hydrogens is 280 g/mol. The Kier molecular flexibility index (Phi) is 5.97. The second-order valence-corrected chi connectivity index (χ2v) is 6.82. The third-order valence-electron chi connectivity index (χ3n) is 2.95. The van der Waals surface area contributed by atoms with Crippen molar-refractivity contribution in [3.8, 4) is 0 Å². The fraction of sp³-hybridized carbons (Fsp3) is 0.750. The summed E-state index contributed by atoms with van der Waals surface area (Å²) in [5, 5.41) is 3.90. The lowest BCUT2D eigenvalue weighted by Crippen LogP contribution is -2.28. The summed E-state index contributed by atoms with van der Waals surface area (Å²) < 4.78 is 33.5. The zero-order valence-corrected chi connectivity index (χ0v) is 13.3. The molecule has 0 aliphatic rings. The molecule has 7 nitrogen and oxygen atoms in total. The first kappa shape index (κ1) is 16.9. The number of hydrogen-bond acceptors (Lipinski definition) is 5. The van der Waals surface area contributed by atoms with E-state index in [2.05, 4.69) is 23.7 Å². The summed E-state index contributed by atoms with van der Waals surface area (Å²) in [6.45, 7) is 7.07. The molecular formula is C12H24N4O3S. The maximum Gasteiger partial charge on any atom is 0.246 e. The van der Waals surface area contributed by atoms with Gasteiger partial charge in [-0.05, 0) is 19.3 Å². The zero-order valence-electron chi connectivity index (χ0n) is 12.5. The van der Waals surface area contributed by atoms with E-state index in [4.69, 9.17) is 10.5 Å². The van der Waals surface area contributed by atoms with Crippen LogP contribution in [0.5, 0.6) is 0 Å². The number of aryl methyl sites for hydroxylation is 1. The first-order chi connectivity index (χ1) is 9.25. The average Bonchev–Trinajstić information content (AvgIpc) is 2.57. The van der Waals surface area contributed by atoms with Gasteiger partial charge in [0.1, 0.15) is 4.90 Å². The van der Waals surface area contributed by atoms with Crippen LogP contribution in [0.3, 0.4) is 0 Å². The van der Waals surface area contributed by atoms with E-state index < -0.39 is 10.0 Å². The van der Waals surface area contributed by atoms with Gasteiger partial charge in [-0.3, -0.25) is 4.68 Å². The van der Waals surface area contributed by atoms with Crippen molar-refractivity contribution in [2.24, 2.45) is 13.0 Å². The quantitative estimate of drug-likeness (QED) is 0.687. The minimum Gasteiger partial charge on any atom is -0.381 e. The molecule has 1 aromatic rings. The van der Waals surface area contributed by atoms with E-state index in [1.807, 2.05) is 0 Å². The van der Waals surface area contributed by atoms with Crippen LogP contribution >= 0.6 is 0 Å². The summed E-state index contributed by atoms with van der Waals surface area (Å²) in [7, 11) is -1.99. The lowest BCUT2D eigenvalue weighted by molar-refractivity contribution is 0.128. The van der Waals surface area contributed by atoms with E-state index in [1.165, 1.54) is 4.68 Å². The first-order valence-corrected chi connectivity index (χ1v) is 8.10. The van der Waals surface area contributed by atoms with Crippen molar-refractivity contribution in [2.45, 2.75) is 32.1 Å². The number of sulfonamides is 1. The highest BCUT2D eigenvalue weighted by atomic mass is 32.2.